The second-order valence-corrected chi connectivity index (χ2v) is 2.32. The molecule has 0 N–H and O–H groups in total. The summed E-state index contributed by atoms with van der Waals surface area (Å²) in [7, 11) is 0. The van der Waals surface area contributed by atoms with Gasteiger partial charge in [-0.3, -0.25) is 0 Å². The van der Waals surface area contributed by atoms with Gasteiger partial charge in [0.25, 0.3) is 0 Å². The lowest BCUT2D eigenvalue weighted by molar-refractivity contribution is -0.0522. The Balaban J connectivity index is 3.21. The molecule has 1 aromatic rings. The summed E-state index contributed by atoms with van der Waals surface area (Å²) < 4.78 is 52.9. The van der Waals surface area contributed by atoms with E-state index in [1.54, 1.807) is 0 Å². The fraction of sp³-hybridized carbons (Fsp3) is 0.125. The summed E-state index contributed by atoms with van der Waals surface area (Å²) in [6.45, 7) is -3.30. The van der Waals surface area contributed by atoms with E-state index in [-0.39, 0.29) is 0 Å². The van der Waals surface area contributed by atoms with Crippen LogP contribution in [0.25, 0.3) is 0 Å². The number of alkyl halides is 2. The Kier molecular flexibility index (Phi) is 3.41. The van der Waals surface area contributed by atoms with E-state index in [1.165, 1.54) is 0 Å². The Morgan fingerprint density at radius 2 is 2.00 bits per heavy atom. The molecule has 7 heteroatoms. The summed E-state index contributed by atoms with van der Waals surface area (Å²) in [5, 5.41) is 0. The second kappa shape index (κ2) is 4.56. The number of carbonyl (C=O) groups excluding carboxylic acids is 1. The molecule has 0 saturated heterocycles. The fourth-order valence-electron chi connectivity index (χ4n) is 0.863. The first-order chi connectivity index (χ1) is 7.04. The first-order valence-corrected chi connectivity index (χ1v) is 3.56. The highest BCUT2D eigenvalue weighted by atomic mass is 19.3. The van der Waals surface area contributed by atoms with E-state index < -0.39 is 29.7 Å². The number of nitrogens with zero attached hydrogens (tertiary/aromatic N) is 1. The topological polar surface area (TPSA) is 38.7 Å². The molecule has 0 bridgehead atoms. The van der Waals surface area contributed by atoms with Crippen LogP contribution in [-0.2, 0) is 4.79 Å². The first-order valence-electron chi connectivity index (χ1n) is 3.56. The summed E-state index contributed by atoms with van der Waals surface area (Å²) in [6, 6.07) is 0.976. The molecule has 0 saturated carbocycles. The summed E-state index contributed by atoms with van der Waals surface area (Å²) in [6.07, 6.45) is 0.958. The predicted octanol–water partition coefficient (Wildman–Crippen LogP) is 2.53. The number of benzene rings is 1. The normalized spacial score (nSPS) is 9.93. The van der Waals surface area contributed by atoms with Gasteiger partial charge in [0.1, 0.15) is 11.5 Å². The molecule has 0 spiro atoms. The molecule has 0 aliphatic rings. The van der Waals surface area contributed by atoms with Crippen LogP contribution in [0.2, 0.25) is 0 Å². The molecule has 0 fully saturated rings. The first kappa shape index (κ1) is 11.2. The van der Waals surface area contributed by atoms with Crippen molar-refractivity contribution in [2.24, 2.45) is 4.99 Å². The zero-order chi connectivity index (χ0) is 11.4. The predicted molar refractivity (Wildman–Crippen MR) is 40.8 cm³/mol. The molecule has 0 aliphatic carbocycles. The van der Waals surface area contributed by atoms with Crippen molar-refractivity contribution >= 4 is 11.8 Å². The van der Waals surface area contributed by atoms with Gasteiger partial charge in [0.2, 0.25) is 6.08 Å². The number of rotatable bonds is 3. The van der Waals surface area contributed by atoms with Crippen LogP contribution >= 0.6 is 0 Å². The van der Waals surface area contributed by atoms with Crippen LogP contribution in [-0.4, -0.2) is 12.7 Å². The van der Waals surface area contributed by atoms with Gasteiger partial charge in [0.05, 0.1) is 0 Å². The van der Waals surface area contributed by atoms with Gasteiger partial charge >= 0.3 is 6.61 Å². The quantitative estimate of drug-likeness (QED) is 0.447. The molecule has 0 aliphatic heterocycles. The Morgan fingerprint density at radius 1 is 1.33 bits per heavy atom. The lowest BCUT2D eigenvalue weighted by Gasteiger charge is -2.06. The van der Waals surface area contributed by atoms with Crippen molar-refractivity contribution in [3.8, 4) is 5.75 Å². The lowest BCUT2D eigenvalue weighted by Crippen LogP contribution is -2.04. The van der Waals surface area contributed by atoms with E-state index in [4.69, 9.17) is 0 Å². The van der Waals surface area contributed by atoms with Gasteiger partial charge in [-0.15, -0.1) is 0 Å². The van der Waals surface area contributed by atoms with Crippen LogP contribution in [0.15, 0.2) is 17.1 Å². The van der Waals surface area contributed by atoms with Crippen LogP contribution < -0.4 is 4.74 Å². The monoisotopic (exact) mass is 221 g/mol. The maximum absolute atomic E-state index is 13.1. The lowest BCUT2D eigenvalue weighted by atomic mass is 10.3. The molecular weight excluding hydrogens is 218 g/mol. The SMILES string of the molecule is O=C=Nc1cc(F)cc(OC(F)F)c1F. The van der Waals surface area contributed by atoms with Crippen LogP contribution in [0.1, 0.15) is 0 Å². The van der Waals surface area contributed by atoms with Gasteiger partial charge in [-0.1, -0.05) is 0 Å². The number of isocyanates is 1. The zero-order valence-corrected chi connectivity index (χ0v) is 7.01. The molecule has 3 nitrogen and oxygen atoms in total. The molecular formula is C8H3F4NO2. The Hall–Kier alpha value is -1.88. The largest absolute Gasteiger partial charge is 0.431 e. The molecule has 0 aromatic heterocycles. The minimum atomic E-state index is -3.30. The smallest absolute Gasteiger partial charge is 0.387 e. The van der Waals surface area contributed by atoms with E-state index in [1.807, 2.05) is 0 Å². The van der Waals surface area contributed by atoms with Crippen LogP contribution in [0.3, 0.4) is 0 Å². The minimum absolute atomic E-state index is 0.422. The highest BCUT2D eigenvalue weighted by Gasteiger charge is 2.15. The maximum atomic E-state index is 13.1. The summed E-state index contributed by atoms with van der Waals surface area (Å²) in [5.41, 5.74) is -0.749. The van der Waals surface area contributed by atoms with Crippen LogP contribution in [0.5, 0.6) is 5.75 Å². The second-order valence-electron chi connectivity index (χ2n) is 2.32. The average molecular weight is 221 g/mol. The Morgan fingerprint density at radius 3 is 2.53 bits per heavy atom. The molecule has 15 heavy (non-hydrogen) atoms. The number of hydrogen-bond acceptors (Lipinski definition) is 3. The maximum Gasteiger partial charge on any atom is 0.387 e. The van der Waals surface area contributed by atoms with Gasteiger partial charge in [-0.2, -0.15) is 13.8 Å². The minimum Gasteiger partial charge on any atom is -0.431 e. The zero-order valence-electron chi connectivity index (χ0n) is 7.01. The third kappa shape index (κ3) is 2.78. The van der Waals surface area contributed by atoms with Crippen LogP contribution in [0, 0.1) is 11.6 Å². The standard InChI is InChI=1S/C8H3F4NO2/c9-4-1-5(13-3-14)7(10)6(2-4)15-8(11)12/h1-2,8H. The fourth-order valence-corrected chi connectivity index (χ4v) is 0.863. The molecule has 1 rings (SSSR count). The Bertz CT molecular complexity index is 415. The third-order valence-corrected chi connectivity index (χ3v) is 1.37. The molecule has 0 heterocycles. The van der Waals surface area contributed by atoms with Crippen molar-refractivity contribution in [2.75, 3.05) is 0 Å². The summed E-state index contributed by atoms with van der Waals surface area (Å²) in [5.74, 6) is -3.42. The average Bonchev–Trinajstić information content (AvgIpc) is 2.12. The summed E-state index contributed by atoms with van der Waals surface area (Å²) in [4.78, 5) is 12.6. The van der Waals surface area contributed by atoms with Gasteiger partial charge in [0, 0.05) is 12.1 Å². The number of ether oxygens (including phenoxy) is 1. The van der Waals surface area contributed by atoms with Gasteiger partial charge in [0.15, 0.2) is 11.6 Å². The highest BCUT2D eigenvalue weighted by molar-refractivity contribution is 5.53. The van der Waals surface area contributed by atoms with Crippen molar-refractivity contribution in [1.29, 1.82) is 0 Å². The van der Waals surface area contributed by atoms with Gasteiger partial charge in [-0.25, -0.2) is 13.6 Å². The van der Waals surface area contributed by atoms with Crippen molar-refractivity contribution < 1.29 is 27.1 Å². The van der Waals surface area contributed by atoms with Crippen LogP contribution in [0.4, 0.5) is 23.2 Å². The molecule has 80 valence electrons. The van der Waals surface area contributed by atoms with Crippen molar-refractivity contribution in [1.82, 2.24) is 0 Å². The molecule has 0 atom stereocenters. The number of halogens is 4. The number of aliphatic imine (C=N–C) groups is 1. The van der Waals surface area contributed by atoms with E-state index in [0.717, 1.165) is 6.08 Å². The van der Waals surface area contributed by atoms with E-state index in [2.05, 4.69) is 9.73 Å². The van der Waals surface area contributed by atoms with E-state index >= 15 is 0 Å². The third-order valence-electron chi connectivity index (χ3n) is 1.37. The highest BCUT2D eigenvalue weighted by Crippen LogP contribution is 2.29. The van der Waals surface area contributed by atoms with Crippen molar-refractivity contribution in [3.05, 3.63) is 23.8 Å². The van der Waals surface area contributed by atoms with E-state index in [9.17, 15) is 22.4 Å². The molecule has 0 radical (unpaired) electrons. The Labute approximate surface area is 81.0 Å². The van der Waals surface area contributed by atoms with Gasteiger partial charge < -0.3 is 4.74 Å². The number of hydrogen-bond donors (Lipinski definition) is 0. The summed E-state index contributed by atoms with van der Waals surface area (Å²) >= 11 is 0. The van der Waals surface area contributed by atoms with E-state index in [0.29, 0.717) is 12.1 Å². The molecule has 1 aromatic carbocycles. The van der Waals surface area contributed by atoms with Gasteiger partial charge in [-0.05, 0) is 0 Å². The molecule has 0 unspecified atom stereocenters. The molecule has 0 amide bonds. The van der Waals surface area contributed by atoms with Crippen molar-refractivity contribution in [2.45, 2.75) is 6.61 Å². The van der Waals surface area contributed by atoms with Crippen molar-refractivity contribution in [3.63, 3.8) is 0 Å².